The number of nitrogens with one attached hydrogen (secondary N) is 1. The van der Waals surface area contributed by atoms with Crippen LogP contribution in [0.4, 0.5) is 5.82 Å². The van der Waals surface area contributed by atoms with Crippen molar-refractivity contribution in [2.45, 2.75) is 39.5 Å². The lowest BCUT2D eigenvalue weighted by atomic mass is 9.96. The number of rotatable bonds is 3. The summed E-state index contributed by atoms with van der Waals surface area (Å²) in [5.74, 6) is 1.81. The lowest BCUT2D eigenvalue weighted by molar-refractivity contribution is 0.664. The minimum absolute atomic E-state index is 0.798. The maximum atomic E-state index is 4.80. The molecule has 1 aliphatic rings. The maximum absolute atomic E-state index is 4.80. The Labute approximate surface area is 119 Å². The quantitative estimate of drug-likeness (QED) is 0.932. The van der Waals surface area contributed by atoms with E-state index < -0.39 is 0 Å². The first-order valence-corrected chi connectivity index (χ1v) is 7.33. The van der Waals surface area contributed by atoms with Crippen molar-refractivity contribution in [2.75, 3.05) is 11.9 Å². The van der Waals surface area contributed by atoms with Gasteiger partial charge in [0.25, 0.3) is 0 Å². The second kappa shape index (κ2) is 5.23. The Morgan fingerprint density at radius 1 is 1.25 bits per heavy atom. The van der Waals surface area contributed by atoms with Crippen molar-refractivity contribution in [1.29, 1.82) is 0 Å². The van der Waals surface area contributed by atoms with E-state index in [4.69, 9.17) is 9.97 Å². The SMILES string of the molecule is CCNc1nc(-c2cnn(C)c2C)nc2c1CCCC2. The van der Waals surface area contributed by atoms with Crippen LogP contribution in [0.2, 0.25) is 0 Å². The monoisotopic (exact) mass is 271 g/mol. The number of nitrogens with zero attached hydrogens (tertiary/aromatic N) is 4. The van der Waals surface area contributed by atoms with Gasteiger partial charge in [0.05, 0.1) is 11.8 Å². The molecule has 106 valence electrons. The molecule has 5 heteroatoms. The highest BCUT2D eigenvalue weighted by Gasteiger charge is 2.19. The van der Waals surface area contributed by atoms with Crippen molar-refractivity contribution in [3.63, 3.8) is 0 Å². The molecular formula is C15H21N5. The first-order valence-electron chi connectivity index (χ1n) is 7.33. The molecule has 1 aliphatic carbocycles. The summed E-state index contributed by atoms with van der Waals surface area (Å²) in [5.41, 5.74) is 4.65. The second-order valence-electron chi connectivity index (χ2n) is 5.33. The molecule has 0 unspecified atom stereocenters. The summed E-state index contributed by atoms with van der Waals surface area (Å²) in [4.78, 5) is 9.54. The Morgan fingerprint density at radius 3 is 2.75 bits per heavy atom. The van der Waals surface area contributed by atoms with Crippen molar-refractivity contribution < 1.29 is 0 Å². The summed E-state index contributed by atoms with van der Waals surface area (Å²) in [6.07, 6.45) is 6.46. The van der Waals surface area contributed by atoms with Gasteiger partial charge in [-0.3, -0.25) is 4.68 Å². The number of fused-ring (bicyclic) bond motifs is 1. The number of aromatic nitrogens is 4. The molecule has 0 saturated carbocycles. The van der Waals surface area contributed by atoms with Gasteiger partial charge in [-0.25, -0.2) is 9.97 Å². The molecule has 0 radical (unpaired) electrons. The van der Waals surface area contributed by atoms with E-state index in [1.54, 1.807) is 0 Å². The molecule has 0 saturated heterocycles. The van der Waals surface area contributed by atoms with Gasteiger partial charge in [0.2, 0.25) is 0 Å². The third-order valence-electron chi connectivity index (χ3n) is 4.00. The molecule has 0 amide bonds. The maximum Gasteiger partial charge on any atom is 0.165 e. The molecule has 5 nitrogen and oxygen atoms in total. The van der Waals surface area contributed by atoms with Crippen LogP contribution in [0.1, 0.15) is 36.7 Å². The fourth-order valence-electron chi connectivity index (χ4n) is 2.75. The molecule has 2 aromatic rings. The fraction of sp³-hybridized carbons (Fsp3) is 0.533. The molecule has 0 aromatic carbocycles. The minimum atomic E-state index is 0.798. The molecule has 2 heterocycles. The predicted octanol–water partition coefficient (Wildman–Crippen LogP) is 2.50. The lowest BCUT2D eigenvalue weighted by Gasteiger charge is -2.19. The lowest BCUT2D eigenvalue weighted by Crippen LogP contribution is -2.13. The molecule has 0 aliphatic heterocycles. The Kier molecular flexibility index (Phi) is 3.42. The molecule has 0 atom stereocenters. The first-order chi connectivity index (χ1) is 9.70. The van der Waals surface area contributed by atoms with Crippen LogP contribution in [-0.2, 0) is 19.9 Å². The zero-order chi connectivity index (χ0) is 14.1. The zero-order valence-corrected chi connectivity index (χ0v) is 12.4. The van der Waals surface area contributed by atoms with E-state index in [1.807, 2.05) is 17.9 Å². The van der Waals surface area contributed by atoms with E-state index in [2.05, 4.69) is 24.3 Å². The Hall–Kier alpha value is -1.91. The van der Waals surface area contributed by atoms with Crippen LogP contribution in [0.5, 0.6) is 0 Å². The Balaban J connectivity index is 2.12. The summed E-state index contributed by atoms with van der Waals surface area (Å²) in [6.45, 7) is 5.04. The Morgan fingerprint density at radius 2 is 2.05 bits per heavy atom. The smallest absolute Gasteiger partial charge is 0.165 e. The molecule has 0 spiro atoms. The fourth-order valence-corrected chi connectivity index (χ4v) is 2.75. The standard InChI is InChI=1S/C15H21N5/c1-4-16-14-11-7-5-6-8-13(11)18-15(19-14)12-9-17-20(3)10(12)2/h9H,4-8H2,1-3H3,(H,16,18,19). The number of anilines is 1. The largest absolute Gasteiger partial charge is 0.370 e. The van der Waals surface area contributed by atoms with E-state index in [-0.39, 0.29) is 0 Å². The van der Waals surface area contributed by atoms with Gasteiger partial charge in [-0.15, -0.1) is 0 Å². The van der Waals surface area contributed by atoms with E-state index >= 15 is 0 Å². The van der Waals surface area contributed by atoms with E-state index in [0.717, 1.165) is 42.3 Å². The molecule has 20 heavy (non-hydrogen) atoms. The van der Waals surface area contributed by atoms with Gasteiger partial charge in [-0.1, -0.05) is 0 Å². The highest BCUT2D eigenvalue weighted by atomic mass is 15.3. The molecule has 2 aromatic heterocycles. The number of hydrogen-bond acceptors (Lipinski definition) is 4. The number of aryl methyl sites for hydroxylation is 2. The average Bonchev–Trinajstić information content (AvgIpc) is 2.79. The van der Waals surface area contributed by atoms with Crippen molar-refractivity contribution >= 4 is 5.82 Å². The molecule has 1 N–H and O–H groups in total. The summed E-state index contributed by atoms with van der Waals surface area (Å²) < 4.78 is 1.87. The highest BCUT2D eigenvalue weighted by molar-refractivity contribution is 5.61. The van der Waals surface area contributed by atoms with Gasteiger partial charge < -0.3 is 5.32 Å². The summed E-state index contributed by atoms with van der Waals surface area (Å²) >= 11 is 0. The van der Waals surface area contributed by atoms with Crippen molar-refractivity contribution in [2.24, 2.45) is 7.05 Å². The van der Waals surface area contributed by atoms with Gasteiger partial charge in [0, 0.05) is 30.5 Å². The third kappa shape index (κ3) is 2.17. The predicted molar refractivity (Wildman–Crippen MR) is 79.8 cm³/mol. The highest BCUT2D eigenvalue weighted by Crippen LogP contribution is 2.29. The summed E-state index contributed by atoms with van der Waals surface area (Å²) in [6, 6.07) is 0. The zero-order valence-electron chi connectivity index (χ0n) is 12.4. The van der Waals surface area contributed by atoms with E-state index in [1.165, 1.54) is 24.1 Å². The minimum Gasteiger partial charge on any atom is -0.370 e. The van der Waals surface area contributed by atoms with E-state index in [0.29, 0.717) is 0 Å². The van der Waals surface area contributed by atoms with Gasteiger partial charge in [-0.05, 0) is 39.5 Å². The van der Waals surface area contributed by atoms with Crippen LogP contribution in [0.3, 0.4) is 0 Å². The average molecular weight is 271 g/mol. The molecule has 0 fully saturated rings. The van der Waals surface area contributed by atoms with Crippen LogP contribution in [0, 0.1) is 6.92 Å². The topological polar surface area (TPSA) is 55.6 Å². The van der Waals surface area contributed by atoms with Crippen LogP contribution in [0.25, 0.3) is 11.4 Å². The van der Waals surface area contributed by atoms with Crippen LogP contribution < -0.4 is 5.32 Å². The first kappa shape index (κ1) is 13.1. The summed E-state index contributed by atoms with van der Waals surface area (Å²) in [5, 5.41) is 7.69. The van der Waals surface area contributed by atoms with Crippen LogP contribution in [-0.4, -0.2) is 26.3 Å². The van der Waals surface area contributed by atoms with Gasteiger partial charge in [-0.2, -0.15) is 5.10 Å². The van der Waals surface area contributed by atoms with Crippen molar-refractivity contribution in [1.82, 2.24) is 19.7 Å². The van der Waals surface area contributed by atoms with Gasteiger partial charge in [0.15, 0.2) is 5.82 Å². The van der Waals surface area contributed by atoms with E-state index in [9.17, 15) is 0 Å². The molecular weight excluding hydrogens is 250 g/mol. The number of hydrogen-bond donors (Lipinski definition) is 1. The van der Waals surface area contributed by atoms with Crippen molar-refractivity contribution in [3.8, 4) is 11.4 Å². The van der Waals surface area contributed by atoms with Crippen LogP contribution >= 0.6 is 0 Å². The van der Waals surface area contributed by atoms with Gasteiger partial charge in [0.1, 0.15) is 5.82 Å². The molecule has 3 rings (SSSR count). The normalized spacial score (nSPS) is 14.2. The molecule has 0 bridgehead atoms. The Bertz CT molecular complexity index is 629. The van der Waals surface area contributed by atoms with Crippen molar-refractivity contribution in [3.05, 3.63) is 23.1 Å². The van der Waals surface area contributed by atoms with Crippen LogP contribution in [0.15, 0.2) is 6.20 Å². The summed E-state index contributed by atoms with van der Waals surface area (Å²) in [7, 11) is 1.95. The van der Waals surface area contributed by atoms with Gasteiger partial charge >= 0.3 is 0 Å². The second-order valence-corrected chi connectivity index (χ2v) is 5.33. The third-order valence-corrected chi connectivity index (χ3v) is 4.00.